The van der Waals surface area contributed by atoms with Crippen LogP contribution in [0, 0.1) is 3.57 Å². The van der Waals surface area contributed by atoms with Crippen molar-refractivity contribution in [2.75, 3.05) is 7.11 Å². The van der Waals surface area contributed by atoms with Gasteiger partial charge in [0.25, 0.3) is 0 Å². The van der Waals surface area contributed by atoms with E-state index in [0.29, 0.717) is 17.2 Å². The minimum atomic E-state index is -1.63. The number of hydrogen-bond donors (Lipinski definition) is 0. The molecule has 0 atom stereocenters. The molecular formula is C17H30INO2Si. The SMILES string of the molecule is COc1cn(C2CCC(O[Si](C)(C)C(C)(C)C)CC2)cc1I. The van der Waals surface area contributed by atoms with Crippen LogP contribution in [0.3, 0.4) is 0 Å². The van der Waals surface area contributed by atoms with E-state index >= 15 is 0 Å². The van der Waals surface area contributed by atoms with Crippen LogP contribution in [0.4, 0.5) is 0 Å². The Bertz CT molecular complexity index is 499. The van der Waals surface area contributed by atoms with Crippen LogP contribution < -0.4 is 4.74 Å². The average molecular weight is 435 g/mol. The molecule has 0 aromatic carbocycles. The zero-order valence-electron chi connectivity index (χ0n) is 14.8. The Hall–Kier alpha value is -0.0131. The molecule has 22 heavy (non-hydrogen) atoms. The Morgan fingerprint density at radius 2 is 1.73 bits per heavy atom. The molecule has 1 fully saturated rings. The van der Waals surface area contributed by atoms with Crippen molar-refractivity contribution in [2.24, 2.45) is 0 Å². The first-order chi connectivity index (χ1) is 10.1. The van der Waals surface area contributed by atoms with Gasteiger partial charge in [-0.25, -0.2) is 0 Å². The molecule has 0 radical (unpaired) electrons. The number of aromatic nitrogens is 1. The van der Waals surface area contributed by atoms with Gasteiger partial charge in [-0.3, -0.25) is 0 Å². The third-order valence-electron chi connectivity index (χ3n) is 5.32. The summed E-state index contributed by atoms with van der Waals surface area (Å²) in [6, 6.07) is 0.594. The van der Waals surface area contributed by atoms with Gasteiger partial charge in [0.2, 0.25) is 0 Å². The Kier molecular flexibility index (Phi) is 5.71. The van der Waals surface area contributed by atoms with Crippen LogP contribution in [0.2, 0.25) is 18.1 Å². The van der Waals surface area contributed by atoms with Crippen molar-refractivity contribution in [2.45, 2.75) is 76.7 Å². The van der Waals surface area contributed by atoms with E-state index in [1.54, 1.807) is 7.11 Å². The van der Waals surface area contributed by atoms with Crippen LogP contribution in [0.15, 0.2) is 12.4 Å². The lowest BCUT2D eigenvalue weighted by Gasteiger charge is -2.41. The molecule has 5 heteroatoms. The Morgan fingerprint density at radius 1 is 1.14 bits per heavy atom. The molecule has 1 aliphatic carbocycles. The molecule has 126 valence electrons. The van der Waals surface area contributed by atoms with Gasteiger partial charge in [-0.05, 0) is 66.4 Å². The molecule has 0 aliphatic heterocycles. The van der Waals surface area contributed by atoms with Gasteiger partial charge in [0, 0.05) is 24.5 Å². The molecule has 0 spiro atoms. The van der Waals surface area contributed by atoms with Gasteiger partial charge in [-0.15, -0.1) is 0 Å². The molecule has 1 heterocycles. The number of ether oxygens (including phenoxy) is 1. The van der Waals surface area contributed by atoms with E-state index in [1.165, 1.54) is 29.3 Å². The minimum absolute atomic E-state index is 0.299. The molecule has 0 unspecified atom stereocenters. The lowest BCUT2D eigenvalue weighted by Crippen LogP contribution is -2.44. The van der Waals surface area contributed by atoms with Crippen LogP contribution in [-0.2, 0) is 4.43 Å². The highest BCUT2D eigenvalue weighted by atomic mass is 127. The topological polar surface area (TPSA) is 23.4 Å². The largest absolute Gasteiger partial charge is 0.494 e. The summed E-state index contributed by atoms with van der Waals surface area (Å²) in [5.41, 5.74) is 0. The molecule has 2 rings (SSSR count). The molecule has 0 N–H and O–H groups in total. The molecule has 0 bridgehead atoms. The monoisotopic (exact) mass is 435 g/mol. The first kappa shape index (κ1) is 18.3. The van der Waals surface area contributed by atoms with Crippen LogP contribution in [0.5, 0.6) is 5.75 Å². The standard InChI is InChI=1S/C17H30INO2Si/c1-17(2,3)22(5,6)21-14-9-7-13(8-10-14)19-11-15(18)16(12-19)20-4/h11-14H,7-10H2,1-6H3. The van der Waals surface area contributed by atoms with Gasteiger partial charge in [-0.2, -0.15) is 0 Å². The lowest BCUT2D eigenvalue weighted by molar-refractivity contribution is 0.118. The number of rotatable bonds is 4. The predicted octanol–water partition coefficient (Wildman–Crippen LogP) is 5.61. The first-order valence-corrected chi connectivity index (χ1v) is 12.2. The van der Waals surface area contributed by atoms with Gasteiger partial charge in [0.05, 0.1) is 10.7 Å². The van der Waals surface area contributed by atoms with Crippen LogP contribution in [-0.4, -0.2) is 26.1 Å². The zero-order chi connectivity index (χ0) is 16.5. The second-order valence-electron chi connectivity index (χ2n) is 7.93. The van der Waals surface area contributed by atoms with Crippen molar-refractivity contribution < 1.29 is 9.16 Å². The van der Waals surface area contributed by atoms with Crippen molar-refractivity contribution in [3.8, 4) is 5.75 Å². The summed E-state index contributed by atoms with van der Waals surface area (Å²) in [6.07, 6.45) is 9.55. The zero-order valence-corrected chi connectivity index (χ0v) is 17.9. The molecule has 1 aromatic heterocycles. The molecule has 0 amide bonds. The van der Waals surface area contributed by atoms with Crippen LogP contribution in [0.1, 0.15) is 52.5 Å². The first-order valence-electron chi connectivity index (χ1n) is 8.23. The molecule has 1 aromatic rings. The van der Waals surface area contributed by atoms with Gasteiger partial charge in [0.1, 0.15) is 5.75 Å². The fourth-order valence-electron chi connectivity index (χ4n) is 2.84. The van der Waals surface area contributed by atoms with Crippen molar-refractivity contribution >= 4 is 30.9 Å². The summed E-state index contributed by atoms with van der Waals surface area (Å²) >= 11 is 2.34. The summed E-state index contributed by atoms with van der Waals surface area (Å²) < 4.78 is 15.5. The summed E-state index contributed by atoms with van der Waals surface area (Å²) in [5, 5.41) is 0.299. The van der Waals surface area contributed by atoms with Crippen molar-refractivity contribution in [1.82, 2.24) is 4.57 Å². The molecule has 0 saturated heterocycles. The maximum atomic E-state index is 6.58. The highest BCUT2D eigenvalue weighted by Gasteiger charge is 2.39. The lowest BCUT2D eigenvalue weighted by atomic mass is 9.93. The fraction of sp³-hybridized carbons (Fsp3) is 0.765. The van der Waals surface area contributed by atoms with Crippen LogP contribution in [0.25, 0.3) is 0 Å². The quantitative estimate of drug-likeness (QED) is 0.454. The third kappa shape index (κ3) is 4.09. The normalized spacial score (nSPS) is 23.6. The second-order valence-corrected chi connectivity index (χ2v) is 13.8. The third-order valence-corrected chi connectivity index (χ3v) is 10.7. The highest BCUT2D eigenvalue weighted by molar-refractivity contribution is 14.1. The smallest absolute Gasteiger partial charge is 0.192 e. The van der Waals surface area contributed by atoms with Crippen molar-refractivity contribution in [3.05, 3.63) is 16.0 Å². The van der Waals surface area contributed by atoms with E-state index in [9.17, 15) is 0 Å². The maximum absolute atomic E-state index is 6.58. The molecule has 3 nitrogen and oxygen atoms in total. The molecule has 1 aliphatic rings. The van der Waals surface area contributed by atoms with Gasteiger partial charge >= 0.3 is 0 Å². The van der Waals surface area contributed by atoms with E-state index in [1.807, 2.05) is 0 Å². The summed E-state index contributed by atoms with van der Waals surface area (Å²) in [7, 11) is 0.110. The number of hydrogen-bond acceptors (Lipinski definition) is 2. The minimum Gasteiger partial charge on any atom is -0.494 e. The van der Waals surface area contributed by atoms with Crippen molar-refractivity contribution in [3.63, 3.8) is 0 Å². The van der Waals surface area contributed by atoms with Gasteiger partial charge in [-0.1, -0.05) is 20.8 Å². The van der Waals surface area contributed by atoms with E-state index in [4.69, 9.17) is 9.16 Å². The van der Waals surface area contributed by atoms with Gasteiger partial charge in [0.15, 0.2) is 8.32 Å². The Balaban J connectivity index is 1.93. The van der Waals surface area contributed by atoms with E-state index in [2.05, 4.69) is 73.4 Å². The Morgan fingerprint density at radius 3 is 2.18 bits per heavy atom. The summed E-state index contributed by atoms with van der Waals surface area (Å²) in [6.45, 7) is 11.7. The number of nitrogens with zero attached hydrogens (tertiary/aromatic N) is 1. The summed E-state index contributed by atoms with van der Waals surface area (Å²) in [4.78, 5) is 0. The maximum Gasteiger partial charge on any atom is 0.192 e. The van der Waals surface area contributed by atoms with E-state index in [0.717, 1.165) is 5.75 Å². The van der Waals surface area contributed by atoms with Crippen molar-refractivity contribution in [1.29, 1.82) is 0 Å². The molecular weight excluding hydrogens is 405 g/mol. The van der Waals surface area contributed by atoms with Crippen LogP contribution >= 0.6 is 22.6 Å². The average Bonchev–Trinajstić information content (AvgIpc) is 2.79. The summed E-state index contributed by atoms with van der Waals surface area (Å²) in [5.74, 6) is 0.986. The number of halogens is 1. The predicted molar refractivity (Wildman–Crippen MR) is 103 cm³/mol. The second kappa shape index (κ2) is 6.85. The Labute approximate surface area is 150 Å². The number of methoxy groups -OCH3 is 1. The fourth-order valence-corrected chi connectivity index (χ4v) is 4.95. The van der Waals surface area contributed by atoms with E-state index in [-0.39, 0.29) is 0 Å². The van der Waals surface area contributed by atoms with Gasteiger partial charge < -0.3 is 13.7 Å². The highest BCUT2D eigenvalue weighted by Crippen LogP contribution is 2.40. The molecule has 1 saturated carbocycles. The van der Waals surface area contributed by atoms with E-state index < -0.39 is 8.32 Å².